The largest absolute Gasteiger partial charge is 0.481 e. The van der Waals surface area contributed by atoms with Crippen LogP contribution in [-0.2, 0) is 19.6 Å². The van der Waals surface area contributed by atoms with Crippen LogP contribution in [0.3, 0.4) is 0 Å². The van der Waals surface area contributed by atoms with E-state index in [0.29, 0.717) is 18.8 Å². The third-order valence-corrected chi connectivity index (χ3v) is 5.63. The highest BCUT2D eigenvalue weighted by Gasteiger charge is 2.21. The number of hydrogen-bond acceptors (Lipinski definition) is 5. The molecule has 1 rings (SSSR count). The lowest BCUT2D eigenvalue weighted by molar-refractivity contribution is -0.137. The van der Waals surface area contributed by atoms with Crippen LogP contribution in [0.15, 0.2) is 29.2 Å². The van der Waals surface area contributed by atoms with Crippen molar-refractivity contribution in [2.24, 2.45) is 0 Å². The van der Waals surface area contributed by atoms with Crippen LogP contribution in [-0.4, -0.2) is 67.8 Å². The van der Waals surface area contributed by atoms with Gasteiger partial charge in [-0.15, -0.1) is 12.4 Å². The molecule has 0 spiro atoms. The molecule has 0 radical (unpaired) electrons. The number of anilines is 1. The predicted molar refractivity (Wildman–Crippen MR) is 102 cm³/mol. The summed E-state index contributed by atoms with van der Waals surface area (Å²) in [7, 11) is -1.95. The summed E-state index contributed by atoms with van der Waals surface area (Å²) in [4.78, 5) is 24.2. The summed E-state index contributed by atoms with van der Waals surface area (Å²) >= 11 is 0. The van der Waals surface area contributed by atoms with Gasteiger partial charge in [0.05, 0.1) is 17.9 Å². The minimum atomic E-state index is -3.59. The van der Waals surface area contributed by atoms with Crippen LogP contribution in [0.5, 0.6) is 0 Å². The topological polar surface area (TPSA) is 107 Å². The first kappa shape index (κ1) is 24.3. The number of aliphatic carboxylic acids is 1. The second-order valence-corrected chi connectivity index (χ2v) is 7.48. The summed E-state index contributed by atoms with van der Waals surface area (Å²) in [5.74, 6) is -1.27. The molecule has 0 unspecified atom stereocenters. The Kier molecular flexibility index (Phi) is 10.4. The average molecular weight is 408 g/mol. The maximum absolute atomic E-state index is 12.5. The highest BCUT2D eigenvalue weighted by Crippen LogP contribution is 2.19. The number of rotatable bonds is 10. The fourth-order valence-electron chi connectivity index (χ4n) is 2.26. The molecule has 1 aromatic carbocycles. The van der Waals surface area contributed by atoms with Gasteiger partial charge in [0.25, 0.3) is 0 Å². The zero-order chi connectivity index (χ0) is 19.0. The second kappa shape index (κ2) is 11.1. The zero-order valence-electron chi connectivity index (χ0n) is 15.1. The fraction of sp³-hybridized carbons (Fsp3) is 0.500. The first-order valence-corrected chi connectivity index (χ1v) is 9.45. The molecule has 0 aliphatic carbocycles. The van der Waals surface area contributed by atoms with Crippen molar-refractivity contribution in [2.45, 2.75) is 25.2 Å². The minimum absolute atomic E-state index is 0. The average Bonchev–Trinajstić information content (AvgIpc) is 2.54. The van der Waals surface area contributed by atoms with E-state index in [1.165, 1.54) is 16.4 Å². The molecule has 0 heterocycles. The van der Waals surface area contributed by atoms with E-state index in [4.69, 9.17) is 5.11 Å². The lowest BCUT2D eigenvalue weighted by Crippen LogP contribution is -2.32. The number of sulfonamides is 1. The van der Waals surface area contributed by atoms with Crippen LogP contribution >= 0.6 is 12.4 Å². The third kappa shape index (κ3) is 7.28. The number of halogens is 1. The molecule has 0 atom stereocenters. The number of nitrogens with one attached hydrogen (secondary N) is 1. The van der Waals surface area contributed by atoms with Gasteiger partial charge in [0.15, 0.2) is 0 Å². The molecule has 2 N–H and O–H groups in total. The molecular formula is C16H26ClN3O5S. The molecule has 0 aliphatic heterocycles. The normalized spacial score (nSPS) is 11.3. The number of carbonyl (C=O) groups excluding carboxylic acids is 1. The first-order chi connectivity index (χ1) is 11.7. The van der Waals surface area contributed by atoms with Crippen molar-refractivity contribution in [3.05, 3.63) is 24.3 Å². The Morgan fingerprint density at radius 1 is 1.19 bits per heavy atom. The summed E-state index contributed by atoms with van der Waals surface area (Å²) in [5, 5.41) is 11.3. The van der Waals surface area contributed by atoms with Gasteiger partial charge in [-0.3, -0.25) is 14.5 Å². The minimum Gasteiger partial charge on any atom is -0.481 e. The van der Waals surface area contributed by atoms with Crippen molar-refractivity contribution in [1.29, 1.82) is 0 Å². The summed E-state index contributed by atoms with van der Waals surface area (Å²) in [6, 6.07) is 6.08. The smallest absolute Gasteiger partial charge is 0.304 e. The van der Waals surface area contributed by atoms with Gasteiger partial charge in [0.2, 0.25) is 15.9 Å². The van der Waals surface area contributed by atoms with Gasteiger partial charge >= 0.3 is 5.97 Å². The third-order valence-electron chi connectivity index (χ3n) is 3.58. The highest BCUT2D eigenvalue weighted by molar-refractivity contribution is 7.89. The van der Waals surface area contributed by atoms with E-state index in [9.17, 15) is 18.0 Å². The molecule has 8 nitrogen and oxygen atoms in total. The number of carboxylic acid groups (broad SMARTS) is 1. The van der Waals surface area contributed by atoms with Gasteiger partial charge in [-0.1, -0.05) is 19.9 Å². The van der Waals surface area contributed by atoms with Gasteiger partial charge in [0.1, 0.15) is 0 Å². The van der Waals surface area contributed by atoms with Gasteiger partial charge in [-0.2, -0.15) is 4.31 Å². The van der Waals surface area contributed by atoms with E-state index >= 15 is 0 Å². The summed E-state index contributed by atoms with van der Waals surface area (Å²) in [6.07, 6.45) is -0.0542. The van der Waals surface area contributed by atoms with Gasteiger partial charge in [-0.05, 0) is 25.2 Å². The van der Waals surface area contributed by atoms with E-state index in [1.807, 2.05) is 0 Å². The van der Waals surface area contributed by atoms with E-state index < -0.39 is 16.0 Å². The molecule has 0 bridgehead atoms. The number of benzene rings is 1. The molecule has 0 fully saturated rings. The second-order valence-electron chi connectivity index (χ2n) is 5.55. The standard InChI is InChI=1S/C16H25N3O5S.ClH/c1-4-19(5-2)25(23,24)14-8-6-7-13(11-14)17-15(20)12-18(3)10-9-16(21)22;/h6-8,11H,4-5,9-10,12H2,1-3H3,(H,17,20)(H,21,22);1H. The van der Waals surface area contributed by atoms with Crippen LogP contribution < -0.4 is 5.32 Å². The Balaban J connectivity index is 0.00000625. The van der Waals surface area contributed by atoms with Crippen molar-refractivity contribution < 1.29 is 23.1 Å². The number of hydrogen-bond donors (Lipinski definition) is 2. The quantitative estimate of drug-likeness (QED) is 0.608. The number of amides is 1. The monoisotopic (exact) mass is 407 g/mol. The van der Waals surface area contributed by atoms with Crippen LogP contribution in [0.1, 0.15) is 20.3 Å². The van der Waals surface area contributed by atoms with E-state index in [0.717, 1.165) is 0 Å². The molecule has 0 saturated carbocycles. The molecule has 1 amide bonds. The van der Waals surface area contributed by atoms with Crippen LogP contribution in [0.4, 0.5) is 5.69 Å². The summed E-state index contributed by atoms with van der Waals surface area (Å²) in [6.45, 7) is 4.52. The van der Waals surface area contributed by atoms with Gasteiger partial charge < -0.3 is 10.4 Å². The van der Waals surface area contributed by atoms with Crippen molar-refractivity contribution in [3.8, 4) is 0 Å². The Hall–Kier alpha value is -1.68. The molecule has 148 valence electrons. The predicted octanol–water partition coefficient (Wildman–Crippen LogP) is 1.48. The Labute approximate surface area is 160 Å². The maximum atomic E-state index is 12.5. The molecule has 26 heavy (non-hydrogen) atoms. The van der Waals surface area contributed by atoms with Crippen LogP contribution in [0.25, 0.3) is 0 Å². The SMILES string of the molecule is CCN(CC)S(=O)(=O)c1cccc(NC(=O)CN(C)CCC(=O)O)c1.Cl. The van der Waals surface area contributed by atoms with Crippen molar-refractivity contribution >= 4 is 40.0 Å². The Morgan fingerprint density at radius 3 is 2.35 bits per heavy atom. The number of nitrogens with zero attached hydrogens (tertiary/aromatic N) is 2. The van der Waals surface area contributed by atoms with E-state index in [2.05, 4.69) is 5.32 Å². The number of likely N-dealkylation sites (N-methyl/N-ethyl adjacent to an activating group) is 1. The number of carboxylic acids is 1. The lowest BCUT2D eigenvalue weighted by Gasteiger charge is -2.19. The summed E-state index contributed by atoms with van der Waals surface area (Å²) in [5.41, 5.74) is 0.380. The van der Waals surface area contributed by atoms with Crippen molar-refractivity contribution in [3.63, 3.8) is 0 Å². The van der Waals surface area contributed by atoms with Crippen LogP contribution in [0, 0.1) is 0 Å². The Morgan fingerprint density at radius 2 is 1.81 bits per heavy atom. The van der Waals surface area contributed by atoms with Crippen LogP contribution in [0.2, 0.25) is 0 Å². The van der Waals surface area contributed by atoms with E-state index in [-0.39, 0.29) is 42.7 Å². The molecule has 1 aromatic rings. The van der Waals surface area contributed by atoms with Crippen molar-refractivity contribution in [1.82, 2.24) is 9.21 Å². The number of carbonyl (C=O) groups is 2. The summed E-state index contributed by atoms with van der Waals surface area (Å²) < 4.78 is 26.4. The molecule has 0 aromatic heterocycles. The lowest BCUT2D eigenvalue weighted by atomic mass is 10.3. The zero-order valence-corrected chi connectivity index (χ0v) is 16.8. The molecule has 10 heteroatoms. The van der Waals surface area contributed by atoms with Gasteiger partial charge in [0, 0.05) is 25.3 Å². The molecule has 0 aliphatic rings. The van der Waals surface area contributed by atoms with Crippen molar-refractivity contribution in [2.75, 3.05) is 38.5 Å². The highest BCUT2D eigenvalue weighted by atomic mass is 35.5. The van der Waals surface area contributed by atoms with Gasteiger partial charge in [-0.25, -0.2) is 8.42 Å². The molecular weight excluding hydrogens is 382 g/mol. The Bertz CT molecular complexity index is 708. The maximum Gasteiger partial charge on any atom is 0.304 e. The fourth-order valence-corrected chi connectivity index (χ4v) is 3.76. The first-order valence-electron chi connectivity index (χ1n) is 8.01. The van der Waals surface area contributed by atoms with E-state index in [1.54, 1.807) is 37.9 Å². The molecule has 0 saturated heterocycles.